The minimum absolute atomic E-state index is 0.0492. The van der Waals surface area contributed by atoms with Gasteiger partial charge in [-0.3, -0.25) is 14.4 Å². The Hall–Kier alpha value is -3.39. The van der Waals surface area contributed by atoms with Gasteiger partial charge in [0.25, 0.3) is 5.91 Å². The van der Waals surface area contributed by atoms with E-state index < -0.39 is 54.5 Å². The van der Waals surface area contributed by atoms with Gasteiger partial charge in [-0.1, -0.05) is 44.3 Å². The van der Waals surface area contributed by atoms with Gasteiger partial charge in [0.05, 0.1) is 5.71 Å². The van der Waals surface area contributed by atoms with E-state index in [0.29, 0.717) is 30.6 Å². The molecule has 8 atom stereocenters. The molecule has 5 N–H and O–H groups in total. The highest BCUT2D eigenvalue weighted by atomic mass is 16.6. The molecule has 11 nitrogen and oxygen atoms in total. The number of rotatable bonds is 11. The number of hydrogen-bond donors (Lipinski definition) is 5. The van der Waals surface area contributed by atoms with E-state index >= 15 is 0 Å². The molecule has 0 bridgehead atoms. The van der Waals surface area contributed by atoms with Gasteiger partial charge in [-0.15, -0.1) is 6.42 Å². The van der Waals surface area contributed by atoms with Crippen LogP contribution in [0.1, 0.15) is 91.9 Å². The number of carbonyl (C=O) groups excluding carboxylic acids is 2. The zero-order chi connectivity index (χ0) is 32.4. The third kappa shape index (κ3) is 6.37. The van der Waals surface area contributed by atoms with Crippen LogP contribution in [0.2, 0.25) is 0 Å². The zero-order valence-electron chi connectivity index (χ0n) is 26.2. The first-order valence-corrected chi connectivity index (χ1v) is 15.8. The van der Waals surface area contributed by atoms with Gasteiger partial charge in [-0.05, 0) is 93.0 Å². The van der Waals surface area contributed by atoms with Gasteiger partial charge >= 0.3 is 11.9 Å². The van der Waals surface area contributed by atoms with E-state index in [9.17, 15) is 29.4 Å². The first-order chi connectivity index (χ1) is 20.6. The van der Waals surface area contributed by atoms with E-state index in [1.54, 1.807) is 13.8 Å². The monoisotopic (exact) mass is 613 g/mol. The van der Waals surface area contributed by atoms with Crippen molar-refractivity contribution in [1.29, 1.82) is 0 Å². The standard InChI is InChI=1S/C33H47N3O8/c1-6-33(43)16-13-24-22-8-7-20-17-21(11-14-31(20,4)23(22)12-15-32(24,33)5)36-44-18-26(37)35-28(19(2)3)29(40)34-25(30(41)42)9-10-27(38)39/h1,17,19,22-25,28,43H,7-16,18H2,2-5H3,(H,34,40)(H,35,37)(H,38,39)(H,41,42)/b36-21+/t22?,23?,24?,25?,28?,31-,32-,33+/m0/s1. The first kappa shape index (κ1) is 33.5. The number of oxime groups is 1. The zero-order valence-corrected chi connectivity index (χ0v) is 26.2. The lowest BCUT2D eigenvalue weighted by molar-refractivity contribution is -0.143. The molecule has 11 heteroatoms. The molecule has 44 heavy (non-hydrogen) atoms. The van der Waals surface area contributed by atoms with Crippen molar-refractivity contribution in [3.63, 3.8) is 0 Å². The van der Waals surface area contributed by atoms with Crippen LogP contribution in [-0.2, 0) is 24.0 Å². The summed E-state index contributed by atoms with van der Waals surface area (Å²) in [5.74, 6) is 0.0444. The molecule has 4 aliphatic rings. The predicted octanol–water partition coefficient (Wildman–Crippen LogP) is 3.26. The molecule has 0 aromatic carbocycles. The lowest BCUT2D eigenvalue weighted by Gasteiger charge is -2.58. The van der Waals surface area contributed by atoms with Crippen LogP contribution >= 0.6 is 0 Å². The second-order valence-electron chi connectivity index (χ2n) is 14.0. The molecule has 0 aromatic heterocycles. The Morgan fingerprint density at radius 1 is 1.07 bits per heavy atom. The van der Waals surface area contributed by atoms with Crippen LogP contribution in [0, 0.1) is 46.8 Å². The van der Waals surface area contributed by atoms with E-state index in [2.05, 4.69) is 41.6 Å². The van der Waals surface area contributed by atoms with Crippen molar-refractivity contribution in [2.24, 2.45) is 39.7 Å². The maximum Gasteiger partial charge on any atom is 0.326 e. The number of hydrogen-bond acceptors (Lipinski definition) is 7. The molecule has 4 aliphatic carbocycles. The summed E-state index contributed by atoms with van der Waals surface area (Å²) in [4.78, 5) is 53.1. The van der Waals surface area contributed by atoms with Crippen molar-refractivity contribution < 1.29 is 39.3 Å². The summed E-state index contributed by atoms with van der Waals surface area (Å²) in [5.41, 5.74) is 0.931. The number of carboxylic acids is 2. The summed E-state index contributed by atoms with van der Waals surface area (Å²) >= 11 is 0. The Labute approximate surface area is 259 Å². The second-order valence-corrected chi connectivity index (χ2v) is 14.0. The largest absolute Gasteiger partial charge is 0.481 e. The minimum atomic E-state index is -1.39. The fourth-order valence-corrected chi connectivity index (χ4v) is 8.61. The minimum Gasteiger partial charge on any atom is -0.481 e. The molecule has 2 amide bonds. The molecule has 0 saturated heterocycles. The number of carboxylic acid groups (broad SMARTS) is 2. The van der Waals surface area contributed by atoms with Crippen molar-refractivity contribution in [3.8, 4) is 12.3 Å². The SMILES string of the molecule is C#C[C@@]1(O)CCC2C3CCC4=C/C(=N/OCC(=O)NC(C(=O)NC(CCC(=O)O)C(=O)O)C(C)C)CC[C@]4(C)C3CC[C@@]21C. The average Bonchev–Trinajstić information content (AvgIpc) is 3.24. The summed E-state index contributed by atoms with van der Waals surface area (Å²) in [6.45, 7) is 7.55. The molecule has 0 aliphatic heterocycles. The van der Waals surface area contributed by atoms with Crippen LogP contribution < -0.4 is 10.6 Å². The molecule has 0 aromatic rings. The maximum atomic E-state index is 12.8. The number of allylic oxidation sites excluding steroid dienone is 2. The Bertz CT molecular complexity index is 1270. The molecule has 0 radical (unpaired) electrons. The number of aliphatic hydroxyl groups is 1. The third-order valence-corrected chi connectivity index (χ3v) is 11.3. The van der Waals surface area contributed by atoms with Gasteiger partial charge in [-0.25, -0.2) is 4.79 Å². The number of amides is 2. The molecule has 4 rings (SSSR count). The maximum absolute atomic E-state index is 12.8. The molecule has 0 spiro atoms. The van der Waals surface area contributed by atoms with E-state index in [-0.39, 0.29) is 23.2 Å². The Balaban J connectivity index is 1.34. The van der Waals surface area contributed by atoms with Crippen molar-refractivity contribution in [2.75, 3.05) is 6.61 Å². The van der Waals surface area contributed by atoms with Crippen LogP contribution in [0.5, 0.6) is 0 Å². The molecule has 5 unspecified atom stereocenters. The van der Waals surface area contributed by atoms with Crippen LogP contribution in [0.15, 0.2) is 16.8 Å². The van der Waals surface area contributed by atoms with Crippen molar-refractivity contribution in [3.05, 3.63) is 11.6 Å². The third-order valence-electron chi connectivity index (χ3n) is 11.3. The number of aliphatic carboxylic acids is 2. The first-order valence-electron chi connectivity index (χ1n) is 15.8. The number of fused-ring (bicyclic) bond motifs is 5. The van der Waals surface area contributed by atoms with Crippen LogP contribution in [0.25, 0.3) is 0 Å². The van der Waals surface area contributed by atoms with Crippen LogP contribution in [-0.4, -0.2) is 69.1 Å². The van der Waals surface area contributed by atoms with E-state index in [1.165, 1.54) is 5.57 Å². The highest BCUT2D eigenvalue weighted by Gasteiger charge is 2.63. The van der Waals surface area contributed by atoms with Crippen molar-refractivity contribution in [1.82, 2.24) is 10.6 Å². The molecular weight excluding hydrogens is 566 g/mol. The lowest BCUT2D eigenvalue weighted by Crippen LogP contribution is -2.54. The number of nitrogens with zero attached hydrogens (tertiary/aromatic N) is 1. The van der Waals surface area contributed by atoms with Gasteiger partial charge in [0.2, 0.25) is 5.91 Å². The quantitative estimate of drug-likeness (QED) is 0.174. The van der Waals surface area contributed by atoms with Crippen molar-refractivity contribution in [2.45, 2.75) is 110 Å². The smallest absolute Gasteiger partial charge is 0.326 e. The highest BCUT2D eigenvalue weighted by Crippen LogP contribution is 2.67. The summed E-state index contributed by atoms with van der Waals surface area (Å²) in [5, 5.41) is 38.6. The van der Waals surface area contributed by atoms with Crippen LogP contribution in [0.4, 0.5) is 0 Å². The topological polar surface area (TPSA) is 175 Å². The Morgan fingerprint density at radius 2 is 1.77 bits per heavy atom. The summed E-state index contributed by atoms with van der Waals surface area (Å²) in [6.07, 6.45) is 14.5. The van der Waals surface area contributed by atoms with E-state index in [0.717, 1.165) is 44.2 Å². The predicted molar refractivity (Wildman–Crippen MR) is 162 cm³/mol. The number of carbonyl (C=O) groups is 4. The Kier molecular flexibility index (Phi) is 9.84. The second kappa shape index (κ2) is 12.9. The molecule has 242 valence electrons. The van der Waals surface area contributed by atoms with Gasteiger partial charge in [0.15, 0.2) is 6.61 Å². The summed E-state index contributed by atoms with van der Waals surface area (Å²) in [7, 11) is 0. The van der Waals surface area contributed by atoms with E-state index in [4.69, 9.17) is 16.4 Å². The molecule has 3 fully saturated rings. The number of nitrogens with one attached hydrogen (secondary N) is 2. The number of terminal acetylenes is 1. The van der Waals surface area contributed by atoms with Gasteiger partial charge in [0, 0.05) is 11.8 Å². The molecular formula is C33H47N3O8. The molecule has 0 heterocycles. The van der Waals surface area contributed by atoms with Crippen LogP contribution in [0.3, 0.4) is 0 Å². The summed E-state index contributed by atoms with van der Waals surface area (Å²) < 4.78 is 0. The normalized spacial score (nSPS) is 34.8. The average molecular weight is 614 g/mol. The van der Waals surface area contributed by atoms with Gasteiger partial charge in [-0.2, -0.15) is 0 Å². The fourth-order valence-electron chi connectivity index (χ4n) is 8.61. The fraction of sp³-hybridized carbons (Fsp3) is 0.727. The highest BCUT2D eigenvalue weighted by molar-refractivity contribution is 5.96. The summed E-state index contributed by atoms with van der Waals surface area (Å²) in [6, 6.07) is -2.42. The van der Waals surface area contributed by atoms with Gasteiger partial charge < -0.3 is 30.8 Å². The Morgan fingerprint density at radius 3 is 2.41 bits per heavy atom. The van der Waals surface area contributed by atoms with Crippen molar-refractivity contribution >= 4 is 29.5 Å². The van der Waals surface area contributed by atoms with Gasteiger partial charge in [0.1, 0.15) is 17.7 Å². The van der Waals surface area contributed by atoms with E-state index in [1.807, 2.05) is 0 Å². The molecule has 3 saturated carbocycles. The lowest BCUT2D eigenvalue weighted by atomic mass is 9.46.